The number of pyridine rings is 1. The van der Waals surface area contributed by atoms with Gasteiger partial charge in [0.2, 0.25) is 0 Å². The van der Waals surface area contributed by atoms with Gasteiger partial charge >= 0.3 is 0 Å². The van der Waals surface area contributed by atoms with Gasteiger partial charge in [-0.05, 0) is 42.9 Å². The maximum absolute atomic E-state index is 12.0. The van der Waals surface area contributed by atoms with Crippen molar-refractivity contribution in [1.82, 2.24) is 19.6 Å². The molecule has 0 aromatic carbocycles. The van der Waals surface area contributed by atoms with E-state index in [1.165, 1.54) is 50.1 Å². The number of fused-ring (bicyclic) bond motifs is 1. The van der Waals surface area contributed by atoms with E-state index in [1.807, 2.05) is 10.7 Å². The van der Waals surface area contributed by atoms with Gasteiger partial charge in [-0.15, -0.1) is 5.10 Å². The SMILES string of the molecule is CS(=O)(=O)c1cncc(-c2nc(NCC3CCCCC3)c3c(C4=CCOCC4)ccn3n2)c1. The second kappa shape index (κ2) is 9.23. The van der Waals surface area contributed by atoms with E-state index in [1.54, 1.807) is 12.3 Å². The van der Waals surface area contributed by atoms with Crippen LogP contribution in [-0.2, 0) is 14.6 Å². The van der Waals surface area contributed by atoms with Crippen molar-refractivity contribution in [1.29, 1.82) is 0 Å². The van der Waals surface area contributed by atoms with Crippen molar-refractivity contribution >= 4 is 26.7 Å². The van der Waals surface area contributed by atoms with Crippen molar-refractivity contribution in [2.75, 3.05) is 31.3 Å². The van der Waals surface area contributed by atoms with E-state index in [-0.39, 0.29) is 4.90 Å². The monoisotopic (exact) mass is 467 g/mol. The fraction of sp³-hybridized carbons (Fsp3) is 0.458. The van der Waals surface area contributed by atoms with Crippen LogP contribution in [0.3, 0.4) is 0 Å². The minimum absolute atomic E-state index is 0.154. The van der Waals surface area contributed by atoms with Crippen LogP contribution in [0.4, 0.5) is 5.82 Å². The molecule has 9 heteroatoms. The highest BCUT2D eigenvalue weighted by Crippen LogP contribution is 2.32. The van der Waals surface area contributed by atoms with E-state index in [0.717, 1.165) is 29.9 Å². The number of aromatic nitrogens is 4. The summed E-state index contributed by atoms with van der Waals surface area (Å²) in [5.41, 5.74) is 3.86. The Morgan fingerprint density at radius 1 is 1.21 bits per heavy atom. The quantitative estimate of drug-likeness (QED) is 0.585. The lowest BCUT2D eigenvalue weighted by Gasteiger charge is -2.22. The highest BCUT2D eigenvalue weighted by atomic mass is 32.2. The summed E-state index contributed by atoms with van der Waals surface area (Å²) in [6.45, 7) is 2.18. The van der Waals surface area contributed by atoms with E-state index < -0.39 is 9.84 Å². The summed E-state index contributed by atoms with van der Waals surface area (Å²) in [6, 6.07) is 3.65. The minimum atomic E-state index is -3.38. The van der Waals surface area contributed by atoms with Crippen LogP contribution in [0, 0.1) is 5.92 Å². The molecule has 0 saturated heterocycles. The third kappa shape index (κ3) is 4.79. The average Bonchev–Trinajstić information content (AvgIpc) is 3.28. The number of ether oxygens (including phenoxy) is 1. The molecule has 1 aliphatic carbocycles. The molecule has 3 aromatic rings. The molecule has 5 rings (SSSR count). The van der Waals surface area contributed by atoms with Crippen LogP contribution in [0.5, 0.6) is 0 Å². The summed E-state index contributed by atoms with van der Waals surface area (Å²) >= 11 is 0. The Labute approximate surface area is 194 Å². The highest BCUT2D eigenvalue weighted by Gasteiger charge is 2.20. The molecule has 0 amide bonds. The number of anilines is 1. The maximum atomic E-state index is 12.0. The van der Waals surface area contributed by atoms with E-state index in [9.17, 15) is 8.42 Å². The number of nitrogens with one attached hydrogen (secondary N) is 1. The zero-order valence-electron chi connectivity index (χ0n) is 18.8. The van der Waals surface area contributed by atoms with Crippen molar-refractivity contribution in [3.63, 3.8) is 0 Å². The van der Waals surface area contributed by atoms with E-state index >= 15 is 0 Å². The van der Waals surface area contributed by atoms with Crippen molar-refractivity contribution in [3.8, 4) is 11.4 Å². The molecular formula is C24H29N5O3S. The number of sulfone groups is 1. The molecule has 0 spiro atoms. The molecule has 0 unspecified atom stereocenters. The van der Waals surface area contributed by atoms with Crippen LogP contribution in [0.2, 0.25) is 0 Å². The van der Waals surface area contributed by atoms with E-state index in [4.69, 9.17) is 14.8 Å². The number of hydrogen-bond donors (Lipinski definition) is 1. The Hall–Kier alpha value is -2.78. The first-order valence-corrected chi connectivity index (χ1v) is 13.4. The molecule has 1 saturated carbocycles. The van der Waals surface area contributed by atoms with Crippen LogP contribution in [0.25, 0.3) is 22.5 Å². The first-order valence-electron chi connectivity index (χ1n) is 11.5. The number of hydrogen-bond acceptors (Lipinski definition) is 7. The van der Waals surface area contributed by atoms with Gasteiger partial charge < -0.3 is 10.1 Å². The molecule has 1 aliphatic heterocycles. The number of nitrogens with zero attached hydrogens (tertiary/aromatic N) is 4. The lowest BCUT2D eigenvalue weighted by Crippen LogP contribution is -2.18. The average molecular weight is 468 g/mol. The van der Waals surface area contributed by atoms with Crippen LogP contribution >= 0.6 is 0 Å². The molecule has 0 atom stereocenters. The van der Waals surface area contributed by atoms with Crippen LogP contribution in [-0.4, -0.2) is 54.0 Å². The molecule has 0 radical (unpaired) electrons. The number of rotatable bonds is 6. The lowest BCUT2D eigenvalue weighted by molar-refractivity contribution is 0.161. The fourth-order valence-corrected chi connectivity index (χ4v) is 5.27. The summed E-state index contributed by atoms with van der Waals surface area (Å²) in [7, 11) is -3.38. The summed E-state index contributed by atoms with van der Waals surface area (Å²) < 4.78 is 31.4. The van der Waals surface area contributed by atoms with Crippen molar-refractivity contribution in [2.45, 2.75) is 43.4 Å². The maximum Gasteiger partial charge on any atom is 0.183 e. The van der Waals surface area contributed by atoms with Gasteiger partial charge in [0.1, 0.15) is 5.52 Å². The smallest absolute Gasteiger partial charge is 0.183 e. The predicted octanol–water partition coefficient (Wildman–Crippen LogP) is 3.99. The molecule has 1 fully saturated rings. The van der Waals surface area contributed by atoms with Crippen molar-refractivity contribution in [2.24, 2.45) is 5.92 Å². The Morgan fingerprint density at radius 3 is 2.82 bits per heavy atom. The first-order chi connectivity index (χ1) is 16.0. The summed E-state index contributed by atoms with van der Waals surface area (Å²) in [5, 5.41) is 8.32. The first kappa shape index (κ1) is 22.0. The second-order valence-corrected chi connectivity index (χ2v) is 10.9. The van der Waals surface area contributed by atoms with Crippen molar-refractivity contribution in [3.05, 3.63) is 42.4 Å². The van der Waals surface area contributed by atoms with Gasteiger partial charge in [-0.25, -0.2) is 17.9 Å². The van der Waals surface area contributed by atoms with Crippen LogP contribution in [0.15, 0.2) is 41.7 Å². The van der Waals surface area contributed by atoms with E-state index in [2.05, 4.69) is 22.4 Å². The van der Waals surface area contributed by atoms with Gasteiger partial charge in [0.15, 0.2) is 21.5 Å². The second-order valence-electron chi connectivity index (χ2n) is 8.93. The lowest BCUT2D eigenvalue weighted by atomic mass is 9.89. The van der Waals surface area contributed by atoms with E-state index in [0.29, 0.717) is 30.5 Å². The van der Waals surface area contributed by atoms with Gasteiger partial charge in [0.25, 0.3) is 0 Å². The molecule has 2 aliphatic rings. The van der Waals surface area contributed by atoms with Gasteiger partial charge in [0, 0.05) is 42.5 Å². The topological polar surface area (TPSA) is 98.5 Å². The molecule has 4 heterocycles. The Bertz CT molecular complexity index is 1290. The van der Waals surface area contributed by atoms with Crippen LogP contribution in [0.1, 0.15) is 44.1 Å². The van der Waals surface area contributed by atoms with Crippen molar-refractivity contribution < 1.29 is 13.2 Å². The normalized spacial score (nSPS) is 17.8. The largest absolute Gasteiger partial charge is 0.377 e. The zero-order chi connectivity index (χ0) is 22.8. The fourth-order valence-electron chi connectivity index (χ4n) is 4.68. The molecule has 1 N–H and O–H groups in total. The Morgan fingerprint density at radius 2 is 2.06 bits per heavy atom. The third-order valence-corrected chi connectivity index (χ3v) is 7.58. The Kier molecular flexibility index (Phi) is 6.16. The summed E-state index contributed by atoms with van der Waals surface area (Å²) in [6.07, 6.45) is 15.4. The molecule has 0 bridgehead atoms. The molecule has 174 valence electrons. The summed E-state index contributed by atoms with van der Waals surface area (Å²) in [5.74, 6) is 1.84. The molecule has 8 nitrogen and oxygen atoms in total. The zero-order valence-corrected chi connectivity index (χ0v) is 19.6. The summed E-state index contributed by atoms with van der Waals surface area (Å²) in [4.78, 5) is 9.15. The third-order valence-electron chi connectivity index (χ3n) is 6.50. The minimum Gasteiger partial charge on any atom is -0.377 e. The van der Waals surface area contributed by atoms with Gasteiger partial charge in [-0.1, -0.05) is 25.3 Å². The van der Waals surface area contributed by atoms with Gasteiger partial charge in [-0.3, -0.25) is 4.98 Å². The standard InChI is InChI=1S/C24H29N5O3S/c1-33(30,31)20-13-19(15-25-16-20)23-27-24(26-14-17-5-3-2-4-6-17)22-21(7-10-29(22)28-23)18-8-11-32-12-9-18/h7-8,10,13,15-17H,2-6,9,11-12,14H2,1H3,(H,26,27,28). The van der Waals surface area contributed by atoms with Gasteiger partial charge in [-0.2, -0.15) is 0 Å². The molecule has 3 aromatic heterocycles. The highest BCUT2D eigenvalue weighted by molar-refractivity contribution is 7.90. The predicted molar refractivity (Wildman–Crippen MR) is 128 cm³/mol. The Balaban J connectivity index is 1.58. The van der Waals surface area contributed by atoms with Crippen LogP contribution < -0.4 is 5.32 Å². The molecular weight excluding hydrogens is 438 g/mol. The molecule has 33 heavy (non-hydrogen) atoms. The van der Waals surface area contributed by atoms with Gasteiger partial charge in [0.05, 0.1) is 18.1 Å².